The molecule has 1 aromatic heterocycles. The summed E-state index contributed by atoms with van der Waals surface area (Å²) in [6.45, 7) is 4.29. The lowest BCUT2D eigenvalue weighted by molar-refractivity contribution is 0.354. The predicted molar refractivity (Wildman–Crippen MR) is 133 cm³/mol. The van der Waals surface area contributed by atoms with Crippen LogP contribution in [0.4, 0.5) is 5.13 Å². The van der Waals surface area contributed by atoms with Crippen molar-refractivity contribution in [2.45, 2.75) is 19.9 Å². The van der Waals surface area contributed by atoms with E-state index in [4.69, 9.17) is 14.5 Å². The molecule has 2 rings (SSSR count). The molecule has 1 N–H and O–H groups in total. The summed E-state index contributed by atoms with van der Waals surface area (Å²) in [6.07, 6.45) is 0.878. The van der Waals surface area contributed by atoms with Crippen molar-refractivity contribution in [1.29, 1.82) is 0 Å². The Morgan fingerprint density at radius 1 is 1.17 bits per heavy atom. The first-order valence-corrected chi connectivity index (χ1v) is 10.2. The van der Waals surface area contributed by atoms with Crippen LogP contribution in [-0.4, -0.2) is 64.3 Å². The quantitative estimate of drug-likeness (QED) is 0.303. The SMILES string of the molecule is CCNC(=NCc1csc(N(C)C)n1)N(C)CCc1ccc(OC)c(OC)c1.I. The van der Waals surface area contributed by atoms with E-state index in [1.54, 1.807) is 25.6 Å². The van der Waals surface area contributed by atoms with Gasteiger partial charge < -0.3 is 24.6 Å². The fourth-order valence-corrected chi connectivity index (χ4v) is 3.39. The van der Waals surface area contributed by atoms with E-state index in [2.05, 4.69) is 40.6 Å². The van der Waals surface area contributed by atoms with Gasteiger partial charge >= 0.3 is 0 Å². The molecule has 0 saturated heterocycles. The van der Waals surface area contributed by atoms with Crippen molar-refractivity contribution in [3.8, 4) is 11.5 Å². The van der Waals surface area contributed by atoms with E-state index in [0.29, 0.717) is 6.54 Å². The molecule has 0 unspecified atom stereocenters. The number of guanidine groups is 1. The number of rotatable bonds is 9. The summed E-state index contributed by atoms with van der Waals surface area (Å²) >= 11 is 1.63. The Morgan fingerprint density at radius 2 is 1.90 bits per heavy atom. The highest BCUT2D eigenvalue weighted by molar-refractivity contribution is 14.0. The number of hydrogen-bond donors (Lipinski definition) is 1. The van der Waals surface area contributed by atoms with Crippen LogP contribution in [0.3, 0.4) is 0 Å². The monoisotopic (exact) mass is 533 g/mol. The van der Waals surface area contributed by atoms with E-state index >= 15 is 0 Å². The molecular weight excluding hydrogens is 501 g/mol. The van der Waals surface area contributed by atoms with E-state index < -0.39 is 0 Å². The number of methoxy groups -OCH3 is 2. The van der Waals surface area contributed by atoms with Crippen molar-refractivity contribution < 1.29 is 9.47 Å². The minimum Gasteiger partial charge on any atom is -0.493 e. The van der Waals surface area contributed by atoms with Crippen LogP contribution in [0.15, 0.2) is 28.6 Å². The Balaban J connectivity index is 0.00000420. The van der Waals surface area contributed by atoms with Gasteiger partial charge in [0.05, 0.1) is 26.5 Å². The van der Waals surface area contributed by atoms with E-state index in [9.17, 15) is 0 Å². The summed E-state index contributed by atoms with van der Waals surface area (Å²) in [4.78, 5) is 13.5. The maximum Gasteiger partial charge on any atom is 0.194 e. The number of likely N-dealkylation sites (N-methyl/N-ethyl adjacent to an activating group) is 1. The summed E-state index contributed by atoms with van der Waals surface area (Å²) in [6, 6.07) is 6.03. The van der Waals surface area contributed by atoms with E-state index in [1.165, 1.54) is 5.56 Å². The second-order valence-electron chi connectivity index (χ2n) is 6.55. The third-order valence-corrected chi connectivity index (χ3v) is 5.25. The molecule has 0 amide bonds. The first-order valence-electron chi connectivity index (χ1n) is 9.30. The Hall–Kier alpha value is -1.75. The molecule has 7 nitrogen and oxygen atoms in total. The van der Waals surface area contributed by atoms with Crippen LogP contribution < -0.4 is 19.7 Å². The van der Waals surface area contributed by atoms with Crippen molar-refractivity contribution in [2.75, 3.05) is 53.4 Å². The molecule has 0 saturated carbocycles. The molecule has 0 fully saturated rings. The van der Waals surface area contributed by atoms with Crippen molar-refractivity contribution in [2.24, 2.45) is 4.99 Å². The molecule has 0 aliphatic rings. The van der Waals surface area contributed by atoms with Gasteiger partial charge in [0.2, 0.25) is 0 Å². The van der Waals surface area contributed by atoms with Crippen LogP contribution >= 0.6 is 35.3 Å². The van der Waals surface area contributed by atoms with E-state index in [-0.39, 0.29) is 24.0 Å². The average molecular weight is 533 g/mol. The fourth-order valence-electron chi connectivity index (χ4n) is 2.64. The highest BCUT2D eigenvalue weighted by Crippen LogP contribution is 2.27. The molecular formula is C20H32IN5O2S. The highest BCUT2D eigenvalue weighted by atomic mass is 127. The first kappa shape index (κ1) is 25.3. The molecule has 0 radical (unpaired) electrons. The number of thiazole rings is 1. The molecule has 0 aliphatic heterocycles. The number of nitrogens with one attached hydrogen (secondary N) is 1. The number of halogens is 1. The summed E-state index contributed by atoms with van der Waals surface area (Å²) in [7, 11) is 9.35. The molecule has 162 valence electrons. The average Bonchev–Trinajstić information content (AvgIpc) is 3.18. The van der Waals surface area contributed by atoms with Gasteiger partial charge in [-0.05, 0) is 31.0 Å². The number of benzene rings is 1. The molecule has 9 heteroatoms. The molecule has 0 spiro atoms. The minimum atomic E-state index is 0. The lowest BCUT2D eigenvalue weighted by Crippen LogP contribution is -2.40. The van der Waals surface area contributed by atoms with Crippen LogP contribution in [0, 0.1) is 0 Å². The summed E-state index contributed by atoms with van der Waals surface area (Å²) in [5.41, 5.74) is 2.17. The molecule has 29 heavy (non-hydrogen) atoms. The lowest BCUT2D eigenvalue weighted by Gasteiger charge is -2.22. The van der Waals surface area contributed by atoms with Gasteiger partial charge in [0.15, 0.2) is 22.6 Å². The molecule has 2 aromatic rings. The zero-order chi connectivity index (χ0) is 20.5. The number of aliphatic imine (C=N–C) groups is 1. The number of ether oxygens (including phenoxy) is 2. The van der Waals surface area contributed by atoms with Gasteiger partial charge in [0.25, 0.3) is 0 Å². The number of hydrogen-bond acceptors (Lipinski definition) is 6. The maximum absolute atomic E-state index is 5.39. The summed E-state index contributed by atoms with van der Waals surface area (Å²) in [5.74, 6) is 2.38. The molecule has 0 bridgehead atoms. The van der Waals surface area contributed by atoms with Gasteiger partial charge in [-0.3, -0.25) is 0 Å². The van der Waals surface area contributed by atoms with Crippen molar-refractivity contribution >= 4 is 46.4 Å². The normalized spacial score (nSPS) is 10.9. The number of nitrogens with zero attached hydrogens (tertiary/aromatic N) is 4. The topological polar surface area (TPSA) is 62.2 Å². The Labute approximate surface area is 195 Å². The minimum absolute atomic E-state index is 0. The Bertz CT molecular complexity index is 782. The second-order valence-corrected chi connectivity index (χ2v) is 7.38. The molecule has 0 aliphatic carbocycles. The smallest absolute Gasteiger partial charge is 0.194 e. The van der Waals surface area contributed by atoms with Crippen LogP contribution in [0.5, 0.6) is 11.5 Å². The third kappa shape index (κ3) is 7.54. The first-order chi connectivity index (χ1) is 13.5. The third-order valence-electron chi connectivity index (χ3n) is 4.19. The van der Waals surface area contributed by atoms with Crippen LogP contribution in [0.25, 0.3) is 0 Å². The summed E-state index contributed by atoms with van der Waals surface area (Å²) in [5, 5.41) is 6.41. The summed E-state index contributed by atoms with van der Waals surface area (Å²) < 4.78 is 10.7. The molecule has 1 heterocycles. The second kappa shape index (κ2) is 12.7. The van der Waals surface area contributed by atoms with Gasteiger partial charge in [-0.25, -0.2) is 9.98 Å². The van der Waals surface area contributed by atoms with Crippen LogP contribution in [0.2, 0.25) is 0 Å². The molecule has 1 aromatic carbocycles. The maximum atomic E-state index is 5.39. The van der Waals surface area contributed by atoms with Gasteiger partial charge in [-0.1, -0.05) is 6.07 Å². The van der Waals surface area contributed by atoms with Crippen molar-refractivity contribution in [3.05, 3.63) is 34.8 Å². The van der Waals surface area contributed by atoms with E-state index in [0.717, 1.165) is 47.8 Å². The van der Waals surface area contributed by atoms with Crippen molar-refractivity contribution in [1.82, 2.24) is 15.2 Å². The largest absolute Gasteiger partial charge is 0.493 e. The van der Waals surface area contributed by atoms with Crippen LogP contribution in [0.1, 0.15) is 18.2 Å². The fraction of sp³-hybridized carbons (Fsp3) is 0.500. The predicted octanol–water partition coefficient (Wildman–Crippen LogP) is 3.48. The van der Waals surface area contributed by atoms with Gasteiger partial charge in [0.1, 0.15) is 0 Å². The number of anilines is 1. The van der Waals surface area contributed by atoms with E-state index in [1.807, 2.05) is 31.1 Å². The van der Waals surface area contributed by atoms with Gasteiger partial charge in [0, 0.05) is 39.6 Å². The zero-order valence-corrected chi connectivity index (χ0v) is 21.2. The number of aromatic nitrogens is 1. The lowest BCUT2D eigenvalue weighted by atomic mass is 10.1. The van der Waals surface area contributed by atoms with Gasteiger partial charge in [-0.15, -0.1) is 35.3 Å². The Morgan fingerprint density at radius 3 is 2.48 bits per heavy atom. The van der Waals surface area contributed by atoms with Crippen LogP contribution in [-0.2, 0) is 13.0 Å². The highest BCUT2D eigenvalue weighted by Gasteiger charge is 2.09. The van der Waals surface area contributed by atoms with Crippen molar-refractivity contribution in [3.63, 3.8) is 0 Å². The Kier molecular flexibility index (Phi) is 11.1. The molecule has 0 atom stereocenters. The standard InChI is InChI=1S/C20H31N5O2S.HI/c1-7-21-19(22-13-16-14-28-20(23-16)24(2)3)25(4)11-10-15-8-9-17(26-5)18(12-15)27-6;/h8-9,12,14H,7,10-11,13H2,1-6H3,(H,21,22);1H. The zero-order valence-electron chi connectivity index (χ0n) is 18.1. The van der Waals surface area contributed by atoms with Gasteiger partial charge in [-0.2, -0.15) is 0 Å².